The number of H-pyrrole nitrogens is 1. The fraction of sp³-hybridized carbons (Fsp3) is 0.476. The van der Waals surface area contributed by atoms with Gasteiger partial charge in [-0.05, 0) is 12.1 Å². The first kappa shape index (κ1) is 29.8. The number of aromatic nitrogens is 3. The molecule has 190 valence electrons. The Kier molecular flexibility index (Phi) is 10.9. The second-order valence-corrected chi connectivity index (χ2v) is 8.00. The van der Waals surface area contributed by atoms with E-state index >= 15 is 0 Å². The number of carbonyl (C=O) groups is 3. The van der Waals surface area contributed by atoms with Crippen molar-refractivity contribution in [2.24, 2.45) is 0 Å². The summed E-state index contributed by atoms with van der Waals surface area (Å²) in [4.78, 5) is 36.0. The molecule has 36 heavy (non-hydrogen) atoms. The zero-order chi connectivity index (χ0) is 25.6. The Labute approximate surface area is 227 Å². The number of aliphatic hydroxyl groups excluding tert-OH is 3. The molecule has 14 nitrogen and oxygen atoms in total. The molecule has 0 aliphatic carbocycles. The van der Waals surface area contributed by atoms with Gasteiger partial charge in [-0.2, -0.15) is 15.4 Å². The smallest absolute Gasteiger partial charge is 0.544 e. The van der Waals surface area contributed by atoms with Crippen molar-refractivity contribution in [2.75, 3.05) is 6.54 Å². The standard InChI is InChI=1S/C21H27N5O9.Na/c1-11(27)24-16-14(28)7-21(20(32)33,34-10-13-8-23-26-25-13)35-18(16)17(30)15(29)9-22-19(31)12-5-3-2-4-6-12;/h2-6,8,14-18,28-30H,7,9-10H2,1H3,(H,22,31)(H,24,27)(H,32,33)(H,23,25,26);/q;+1/p-1/t14-,15+,16+,17-,18+,21+;/m0./s1. The summed E-state index contributed by atoms with van der Waals surface area (Å²) >= 11 is 0. The number of aliphatic carboxylic acids is 1. The summed E-state index contributed by atoms with van der Waals surface area (Å²) in [6.07, 6.45) is -6.18. The van der Waals surface area contributed by atoms with Crippen molar-refractivity contribution in [3.63, 3.8) is 0 Å². The van der Waals surface area contributed by atoms with Crippen molar-refractivity contribution < 1.29 is 73.8 Å². The molecule has 1 aliphatic rings. The third-order valence-electron chi connectivity index (χ3n) is 5.41. The molecular weight excluding hydrogens is 489 g/mol. The van der Waals surface area contributed by atoms with Crippen LogP contribution in [0.1, 0.15) is 29.4 Å². The third-order valence-corrected chi connectivity index (χ3v) is 5.41. The Bertz CT molecular complexity index is 1010. The Hall–Kier alpha value is -2.43. The summed E-state index contributed by atoms with van der Waals surface area (Å²) in [5, 5.41) is 58.5. The summed E-state index contributed by atoms with van der Waals surface area (Å²) in [6, 6.07) is 6.79. The number of ether oxygens (including phenoxy) is 2. The zero-order valence-corrected chi connectivity index (χ0v) is 21.7. The number of carboxylic acids is 1. The fourth-order valence-electron chi connectivity index (χ4n) is 3.65. The van der Waals surface area contributed by atoms with Crippen LogP contribution in [-0.4, -0.2) is 91.3 Å². The van der Waals surface area contributed by atoms with E-state index in [-0.39, 0.29) is 35.3 Å². The average molecular weight is 515 g/mol. The van der Waals surface area contributed by atoms with Gasteiger partial charge in [0.05, 0.1) is 31.1 Å². The quantitative estimate of drug-likeness (QED) is 0.163. The largest absolute Gasteiger partial charge is 1.00 e. The molecule has 0 bridgehead atoms. The predicted octanol–water partition coefficient (Wildman–Crippen LogP) is -6.42. The Morgan fingerprint density at radius 2 is 2.00 bits per heavy atom. The number of benzene rings is 1. The Balaban J connectivity index is 0.00000456. The molecule has 1 fully saturated rings. The minimum absolute atomic E-state index is 0. The van der Waals surface area contributed by atoms with E-state index in [0.29, 0.717) is 5.56 Å². The summed E-state index contributed by atoms with van der Waals surface area (Å²) in [6.45, 7) is 0.296. The van der Waals surface area contributed by atoms with E-state index in [4.69, 9.17) is 9.47 Å². The van der Waals surface area contributed by atoms with Crippen LogP contribution in [-0.2, 0) is 25.7 Å². The van der Waals surface area contributed by atoms with Crippen LogP contribution < -0.4 is 45.3 Å². The molecule has 2 heterocycles. The van der Waals surface area contributed by atoms with E-state index in [9.17, 15) is 34.8 Å². The molecule has 3 rings (SSSR count). The van der Waals surface area contributed by atoms with Gasteiger partial charge in [0, 0.05) is 25.5 Å². The van der Waals surface area contributed by atoms with Crippen LogP contribution in [0.25, 0.3) is 0 Å². The Morgan fingerprint density at radius 1 is 1.31 bits per heavy atom. The van der Waals surface area contributed by atoms with Gasteiger partial charge in [-0.3, -0.25) is 9.59 Å². The molecule has 6 N–H and O–H groups in total. The molecule has 0 saturated carbocycles. The molecule has 1 saturated heterocycles. The SMILES string of the molecule is CC(=O)N[C@H]1[C@H]([C@@H](O)[C@H](O)CNC(=O)c2ccccc2)O[C@@](OCc2cn[nH]n2)(C(=O)[O-])C[C@@H]1O.[Na+]. The summed E-state index contributed by atoms with van der Waals surface area (Å²) in [5.41, 5.74) is 0.528. The Morgan fingerprint density at radius 3 is 2.58 bits per heavy atom. The number of nitrogens with one attached hydrogen (secondary N) is 3. The topological polar surface area (TPSA) is 219 Å². The van der Waals surface area contributed by atoms with Gasteiger partial charge < -0.3 is 45.3 Å². The first-order chi connectivity index (χ1) is 16.6. The van der Waals surface area contributed by atoms with E-state index in [0.717, 1.165) is 6.92 Å². The number of aromatic amines is 1. The number of hydrogen-bond donors (Lipinski definition) is 6. The van der Waals surface area contributed by atoms with Crippen LogP contribution in [0.2, 0.25) is 0 Å². The first-order valence-corrected chi connectivity index (χ1v) is 10.7. The fourth-order valence-corrected chi connectivity index (χ4v) is 3.65. The second-order valence-electron chi connectivity index (χ2n) is 8.00. The van der Waals surface area contributed by atoms with Gasteiger partial charge >= 0.3 is 29.6 Å². The zero-order valence-electron chi connectivity index (χ0n) is 19.7. The minimum Gasteiger partial charge on any atom is -0.544 e. The van der Waals surface area contributed by atoms with Crippen LogP contribution in [0, 0.1) is 0 Å². The van der Waals surface area contributed by atoms with Crippen molar-refractivity contribution in [3.05, 3.63) is 47.8 Å². The monoisotopic (exact) mass is 515 g/mol. The summed E-state index contributed by atoms with van der Waals surface area (Å²) in [5.74, 6) is -5.54. The van der Waals surface area contributed by atoms with Crippen molar-refractivity contribution in [3.8, 4) is 0 Å². The van der Waals surface area contributed by atoms with Crippen molar-refractivity contribution in [2.45, 2.75) is 56.2 Å². The van der Waals surface area contributed by atoms with Gasteiger partial charge in [-0.1, -0.05) is 18.2 Å². The maximum Gasteiger partial charge on any atom is 1.00 e. The number of amides is 2. The molecular formula is C21H26N5NaO9. The molecule has 1 aromatic carbocycles. The number of hydrogen-bond acceptors (Lipinski definition) is 11. The first-order valence-electron chi connectivity index (χ1n) is 10.7. The number of carbonyl (C=O) groups excluding carboxylic acids is 3. The normalized spacial score (nSPS) is 25.2. The number of carboxylic acid groups (broad SMARTS) is 1. The number of nitrogens with zero attached hydrogens (tertiary/aromatic N) is 2. The van der Waals surface area contributed by atoms with E-state index in [1.54, 1.807) is 30.3 Å². The second kappa shape index (κ2) is 13.2. The average Bonchev–Trinajstić information content (AvgIpc) is 3.36. The molecule has 0 spiro atoms. The van der Waals surface area contributed by atoms with E-state index < -0.39 is 73.6 Å². The maximum absolute atomic E-state index is 12.2. The summed E-state index contributed by atoms with van der Waals surface area (Å²) in [7, 11) is 0. The van der Waals surface area contributed by atoms with Gasteiger partial charge in [0.2, 0.25) is 11.7 Å². The molecule has 0 unspecified atom stereocenters. The van der Waals surface area contributed by atoms with E-state index in [1.165, 1.54) is 6.20 Å². The van der Waals surface area contributed by atoms with Crippen molar-refractivity contribution >= 4 is 17.8 Å². The maximum atomic E-state index is 12.2. The van der Waals surface area contributed by atoms with Crippen LogP contribution >= 0.6 is 0 Å². The van der Waals surface area contributed by atoms with Gasteiger partial charge in [-0.15, -0.1) is 0 Å². The summed E-state index contributed by atoms with van der Waals surface area (Å²) < 4.78 is 10.9. The molecule has 0 radical (unpaired) electrons. The predicted molar refractivity (Wildman–Crippen MR) is 113 cm³/mol. The molecule has 1 aromatic heterocycles. The van der Waals surface area contributed by atoms with Crippen LogP contribution in [0.3, 0.4) is 0 Å². The number of rotatable bonds is 10. The third kappa shape index (κ3) is 7.30. The van der Waals surface area contributed by atoms with E-state index in [2.05, 4.69) is 26.0 Å². The van der Waals surface area contributed by atoms with Crippen LogP contribution in [0.15, 0.2) is 36.5 Å². The minimum atomic E-state index is -2.55. The van der Waals surface area contributed by atoms with Gasteiger partial charge in [0.25, 0.3) is 5.91 Å². The van der Waals surface area contributed by atoms with Crippen LogP contribution in [0.4, 0.5) is 0 Å². The molecule has 1 aliphatic heterocycles. The van der Waals surface area contributed by atoms with Gasteiger partial charge in [-0.25, -0.2) is 0 Å². The van der Waals surface area contributed by atoms with Gasteiger partial charge in [0.1, 0.15) is 23.9 Å². The van der Waals surface area contributed by atoms with Gasteiger partial charge in [0.15, 0.2) is 0 Å². The van der Waals surface area contributed by atoms with Crippen molar-refractivity contribution in [1.29, 1.82) is 0 Å². The van der Waals surface area contributed by atoms with Crippen molar-refractivity contribution in [1.82, 2.24) is 26.0 Å². The van der Waals surface area contributed by atoms with E-state index in [1.807, 2.05) is 0 Å². The molecule has 6 atom stereocenters. The number of aliphatic hydroxyl groups is 3. The molecule has 2 aromatic rings. The van der Waals surface area contributed by atoms with Crippen LogP contribution in [0.5, 0.6) is 0 Å². The molecule has 2 amide bonds. The molecule has 15 heteroatoms.